The van der Waals surface area contributed by atoms with E-state index in [1.165, 1.54) is 0 Å². The molecular weight excluding hydrogens is 250 g/mol. The van der Waals surface area contributed by atoms with Crippen molar-refractivity contribution in [1.29, 1.82) is 0 Å². The molecular formula is C13H21NO3S. The molecule has 0 aromatic heterocycles. The lowest BCUT2D eigenvalue weighted by Gasteiger charge is -2.08. The van der Waals surface area contributed by atoms with E-state index in [-0.39, 0.29) is 11.5 Å². The second-order valence-electron chi connectivity index (χ2n) is 4.29. The summed E-state index contributed by atoms with van der Waals surface area (Å²) >= 11 is 0. The topological polar surface area (TPSA) is 55.4 Å². The molecule has 1 N–H and O–H groups in total. The second kappa shape index (κ2) is 7.38. The summed E-state index contributed by atoms with van der Waals surface area (Å²) in [5.41, 5.74) is 2.12. The third-order valence-electron chi connectivity index (χ3n) is 2.56. The van der Waals surface area contributed by atoms with Crippen molar-refractivity contribution >= 4 is 15.5 Å². The van der Waals surface area contributed by atoms with Crippen LogP contribution in [0.1, 0.15) is 12.0 Å². The lowest BCUT2D eigenvalue weighted by molar-refractivity contribution is 0.199. The predicted molar refractivity (Wildman–Crippen MR) is 74.8 cm³/mol. The highest BCUT2D eigenvalue weighted by molar-refractivity contribution is 7.91. The quantitative estimate of drug-likeness (QED) is 0.733. The minimum absolute atomic E-state index is 0.157. The number of anilines is 1. The van der Waals surface area contributed by atoms with Crippen molar-refractivity contribution in [3.8, 4) is 0 Å². The van der Waals surface area contributed by atoms with E-state index in [2.05, 4.69) is 5.32 Å². The zero-order valence-electron chi connectivity index (χ0n) is 11.0. The number of nitrogens with one attached hydrogen (secondary N) is 1. The molecule has 18 heavy (non-hydrogen) atoms. The van der Waals surface area contributed by atoms with Crippen molar-refractivity contribution in [2.24, 2.45) is 0 Å². The van der Waals surface area contributed by atoms with Crippen LogP contribution in [0, 0.1) is 6.92 Å². The summed E-state index contributed by atoms with van der Waals surface area (Å²) in [6.45, 7) is 2.94. The van der Waals surface area contributed by atoms with Gasteiger partial charge in [-0.1, -0.05) is 12.1 Å². The highest BCUT2D eigenvalue weighted by Crippen LogP contribution is 2.09. The normalized spacial score (nSPS) is 11.4. The summed E-state index contributed by atoms with van der Waals surface area (Å²) in [6, 6.07) is 7.89. The molecule has 0 radical (unpaired) electrons. The van der Waals surface area contributed by atoms with Gasteiger partial charge in [0.1, 0.15) is 0 Å². The Balaban J connectivity index is 2.32. The largest absolute Gasteiger partial charge is 0.385 e. The summed E-state index contributed by atoms with van der Waals surface area (Å²) < 4.78 is 28.2. The minimum atomic E-state index is -2.98. The fourth-order valence-electron chi connectivity index (χ4n) is 1.63. The van der Waals surface area contributed by atoms with Crippen LogP contribution < -0.4 is 5.32 Å². The smallest absolute Gasteiger partial charge is 0.152 e. The molecule has 0 atom stereocenters. The Hall–Kier alpha value is -1.07. The van der Waals surface area contributed by atoms with Gasteiger partial charge in [-0.05, 0) is 31.0 Å². The minimum Gasteiger partial charge on any atom is -0.385 e. The maximum atomic E-state index is 11.7. The van der Waals surface area contributed by atoms with Gasteiger partial charge >= 0.3 is 0 Å². The van der Waals surface area contributed by atoms with Crippen molar-refractivity contribution in [2.45, 2.75) is 13.3 Å². The van der Waals surface area contributed by atoms with Crippen LogP contribution in [-0.2, 0) is 14.6 Å². The molecule has 0 aliphatic rings. The van der Waals surface area contributed by atoms with E-state index in [1.807, 2.05) is 31.2 Å². The van der Waals surface area contributed by atoms with E-state index in [9.17, 15) is 8.42 Å². The van der Waals surface area contributed by atoms with Crippen molar-refractivity contribution in [1.82, 2.24) is 0 Å². The molecule has 0 aliphatic carbocycles. The molecule has 0 saturated heterocycles. The zero-order chi connectivity index (χ0) is 13.4. The molecule has 1 aromatic carbocycles. The van der Waals surface area contributed by atoms with Crippen molar-refractivity contribution < 1.29 is 13.2 Å². The Labute approximate surface area is 109 Å². The first-order chi connectivity index (χ1) is 8.53. The van der Waals surface area contributed by atoms with E-state index < -0.39 is 9.84 Å². The number of benzene rings is 1. The van der Waals surface area contributed by atoms with Crippen LogP contribution in [0.25, 0.3) is 0 Å². The van der Waals surface area contributed by atoms with Crippen molar-refractivity contribution in [2.75, 3.05) is 37.1 Å². The van der Waals surface area contributed by atoms with Crippen LogP contribution in [0.4, 0.5) is 5.69 Å². The Morgan fingerprint density at radius 2 is 2.06 bits per heavy atom. The average molecular weight is 271 g/mol. The number of ether oxygens (including phenoxy) is 1. The Bertz CT molecular complexity index is 457. The second-order valence-corrected chi connectivity index (χ2v) is 6.60. The number of rotatable bonds is 8. The van der Waals surface area contributed by atoms with Gasteiger partial charge in [-0.25, -0.2) is 8.42 Å². The van der Waals surface area contributed by atoms with Gasteiger partial charge in [0.15, 0.2) is 9.84 Å². The van der Waals surface area contributed by atoms with Crippen molar-refractivity contribution in [3.63, 3.8) is 0 Å². The summed E-state index contributed by atoms with van der Waals surface area (Å²) in [4.78, 5) is 0. The molecule has 0 unspecified atom stereocenters. The maximum absolute atomic E-state index is 11.7. The Morgan fingerprint density at radius 3 is 2.72 bits per heavy atom. The highest BCUT2D eigenvalue weighted by atomic mass is 32.2. The van der Waals surface area contributed by atoms with Crippen LogP contribution in [-0.4, -0.2) is 40.2 Å². The molecule has 1 aromatic rings. The number of methoxy groups -OCH3 is 1. The monoisotopic (exact) mass is 271 g/mol. The van der Waals surface area contributed by atoms with Gasteiger partial charge in [-0.2, -0.15) is 0 Å². The molecule has 5 heteroatoms. The first-order valence-corrected chi connectivity index (χ1v) is 7.85. The molecule has 0 fully saturated rings. The van der Waals surface area contributed by atoms with Crippen LogP contribution in [0.5, 0.6) is 0 Å². The number of aryl methyl sites for hydroxylation is 1. The summed E-state index contributed by atoms with van der Waals surface area (Å²) in [6.07, 6.45) is 0.559. The third kappa shape index (κ3) is 6.02. The lowest BCUT2D eigenvalue weighted by Crippen LogP contribution is -2.19. The molecule has 4 nitrogen and oxygen atoms in total. The molecule has 0 heterocycles. The average Bonchev–Trinajstić information content (AvgIpc) is 2.29. The van der Waals surface area contributed by atoms with Gasteiger partial charge < -0.3 is 10.1 Å². The summed E-state index contributed by atoms with van der Waals surface area (Å²) in [5.74, 6) is 0.348. The van der Waals surface area contributed by atoms with E-state index in [0.29, 0.717) is 19.6 Å². The van der Waals surface area contributed by atoms with E-state index in [0.717, 1.165) is 11.3 Å². The standard InChI is InChI=1S/C13H21NO3S/c1-12-5-3-6-13(11-12)14-7-10-18(15,16)9-4-8-17-2/h3,5-6,11,14H,4,7-10H2,1-2H3. The summed E-state index contributed by atoms with van der Waals surface area (Å²) in [5, 5.41) is 3.12. The van der Waals surface area contributed by atoms with Crippen LogP contribution in [0.3, 0.4) is 0 Å². The molecule has 0 amide bonds. The van der Waals surface area contributed by atoms with Gasteiger partial charge in [0.2, 0.25) is 0 Å². The van der Waals surface area contributed by atoms with Crippen LogP contribution in [0.2, 0.25) is 0 Å². The lowest BCUT2D eigenvalue weighted by atomic mass is 10.2. The molecule has 0 spiro atoms. The molecule has 1 rings (SSSR count). The van der Waals surface area contributed by atoms with Gasteiger partial charge in [-0.3, -0.25) is 0 Å². The van der Waals surface area contributed by atoms with E-state index in [1.54, 1.807) is 7.11 Å². The Morgan fingerprint density at radius 1 is 1.28 bits per heavy atom. The number of hydrogen-bond donors (Lipinski definition) is 1. The van der Waals surface area contributed by atoms with Crippen LogP contribution in [0.15, 0.2) is 24.3 Å². The fourth-order valence-corrected chi connectivity index (χ4v) is 2.81. The van der Waals surface area contributed by atoms with Gasteiger partial charge in [0, 0.05) is 25.9 Å². The highest BCUT2D eigenvalue weighted by Gasteiger charge is 2.09. The molecule has 0 saturated carbocycles. The van der Waals surface area contributed by atoms with Gasteiger partial charge in [0.25, 0.3) is 0 Å². The summed E-state index contributed by atoms with van der Waals surface area (Å²) in [7, 11) is -1.40. The number of sulfone groups is 1. The zero-order valence-corrected chi connectivity index (χ0v) is 11.8. The SMILES string of the molecule is COCCCS(=O)(=O)CCNc1cccc(C)c1. The van der Waals surface area contributed by atoms with Crippen molar-refractivity contribution in [3.05, 3.63) is 29.8 Å². The fraction of sp³-hybridized carbons (Fsp3) is 0.538. The third-order valence-corrected chi connectivity index (χ3v) is 4.30. The predicted octanol–water partition coefficient (Wildman–Crippen LogP) is 1.86. The first kappa shape index (κ1) is 15.0. The van der Waals surface area contributed by atoms with Crippen LogP contribution >= 0.6 is 0 Å². The molecule has 0 aliphatic heterocycles. The maximum Gasteiger partial charge on any atom is 0.152 e. The van der Waals surface area contributed by atoms with E-state index >= 15 is 0 Å². The first-order valence-electron chi connectivity index (χ1n) is 6.03. The molecule has 0 bridgehead atoms. The van der Waals surface area contributed by atoms with Gasteiger partial charge in [0.05, 0.1) is 11.5 Å². The number of hydrogen-bond acceptors (Lipinski definition) is 4. The van der Waals surface area contributed by atoms with E-state index in [4.69, 9.17) is 4.74 Å². The Kier molecular flexibility index (Phi) is 6.15. The van der Waals surface area contributed by atoms with Gasteiger partial charge in [-0.15, -0.1) is 0 Å². The molecule has 102 valence electrons.